The van der Waals surface area contributed by atoms with Gasteiger partial charge in [-0.05, 0) is 44.6 Å². The molecule has 1 aromatic rings. The van der Waals surface area contributed by atoms with Crippen molar-refractivity contribution in [3.8, 4) is 0 Å². The van der Waals surface area contributed by atoms with Crippen molar-refractivity contribution in [2.24, 2.45) is 5.41 Å². The average Bonchev–Trinajstić information content (AvgIpc) is 3.32. The molecule has 11 heteroatoms. The number of carbonyl (C=O) groups is 1. The van der Waals surface area contributed by atoms with E-state index in [0.717, 1.165) is 65.0 Å². The molecule has 3 saturated heterocycles. The zero-order chi connectivity index (χ0) is 22.9. The van der Waals surface area contributed by atoms with E-state index < -0.39 is 10.0 Å². The van der Waals surface area contributed by atoms with Gasteiger partial charge in [0.15, 0.2) is 5.82 Å². The van der Waals surface area contributed by atoms with Gasteiger partial charge in [0.25, 0.3) is 0 Å². The highest BCUT2D eigenvalue weighted by molar-refractivity contribution is 7.88. The number of rotatable bonds is 6. The number of hydrogen-bond donors (Lipinski definition) is 0. The number of piperidine rings is 1. The number of nitrogens with zero attached hydrogens (tertiary/aromatic N) is 6. The second-order valence-corrected chi connectivity index (χ2v) is 11.7. The molecule has 0 bridgehead atoms. The van der Waals surface area contributed by atoms with Gasteiger partial charge < -0.3 is 9.42 Å². The molecule has 32 heavy (non-hydrogen) atoms. The second-order valence-electron chi connectivity index (χ2n) is 9.69. The summed E-state index contributed by atoms with van der Waals surface area (Å²) in [5.41, 5.74) is -0.0334. The Kier molecular flexibility index (Phi) is 6.90. The first-order valence-electron chi connectivity index (χ1n) is 11.7. The maximum Gasteiger partial charge on any atom is 0.244 e. The number of piperazine rings is 1. The first-order chi connectivity index (χ1) is 15.2. The topological polar surface area (TPSA) is 103 Å². The SMILES string of the molecule is CCCN1CCN(C(=O)CN2CC3(CCN(S(C)(=O)=O)CC3)CC2c2nc(C)no2)CC1. The molecule has 1 amide bonds. The van der Waals surface area contributed by atoms with E-state index in [9.17, 15) is 13.2 Å². The van der Waals surface area contributed by atoms with Crippen molar-refractivity contribution in [3.63, 3.8) is 0 Å². The number of likely N-dealkylation sites (tertiary alicyclic amines) is 1. The third kappa shape index (κ3) is 5.16. The largest absolute Gasteiger partial charge is 0.339 e. The molecule has 0 saturated carbocycles. The number of amides is 1. The van der Waals surface area contributed by atoms with E-state index in [4.69, 9.17) is 4.52 Å². The number of aromatic nitrogens is 2. The standard InChI is InChI=1S/C21H36N6O4S/c1-4-7-24-10-12-25(13-11-24)19(28)15-26-16-21(5-8-27(9-6-21)32(3,29)30)14-18(26)20-22-17(2)23-31-20/h18H,4-16H2,1-3H3. The fourth-order valence-corrected chi connectivity index (χ4v) is 6.31. The molecule has 1 spiro atoms. The molecule has 10 nitrogen and oxygen atoms in total. The molecule has 3 fully saturated rings. The first kappa shape index (κ1) is 23.6. The molecule has 1 unspecified atom stereocenters. The summed E-state index contributed by atoms with van der Waals surface area (Å²) < 4.78 is 31.0. The Bertz CT molecular complexity index is 903. The van der Waals surface area contributed by atoms with Crippen LogP contribution in [0.4, 0.5) is 0 Å². The fourth-order valence-electron chi connectivity index (χ4n) is 5.47. The van der Waals surface area contributed by atoms with Crippen molar-refractivity contribution in [2.45, 2.75) is 45.6 Å². The zero-order valence-electron chi connectivity index (χ0n) is 19.5. The minimum absolute atomic E-state index is 0.0334. The number of hydrogen-bond acceptors (Lipinski definition) is 8. The maximum absolute atomic E-state index is 13.2. The zero-order valence-corrected chi connectivity index (χ0v) is 20.3. The van der Waals surface area contributed by atoms with Crippen LogP contribution in [0.2, 0.25) is 0 Å². The summed E-state index contributed by atoms with van der Waals surface area (Å²) in [7, 11) is -3.18. The number of carbonyl (C=O) groups excluding carboxylic acids is 1. The van der Waals surface area contributed by atoms with Gasteiger partial charge in [0, 0.05) is 45.8 Å². The maximum atomic E-state index is 13.2. The van der Waals surface area contributed by atoms with Crippen molar-refractivity contribution >= 4 is 15.9 Å². The highest BCUT2D eigenvalue weighted by atomic mass is 32.2. The van der Waals surface area contributed by atoms with Crippen LogP contribution in [0.25, 0.3) is 0 Å². The molecule has 1 atom stereocenters. The van der Waals surface area contributed by atoms with Crippen LogP contribution in [0.5, 0.6) is 0 Å². The molecule has 0 aliphatic carbocycles. The Morgan fingerprint density at radius 3 is 2.41 bits per heavy atom. The highest BCUT2D eigenvalue weighted by Crippen LogP contribution is 2.48. The third-order valence-corrected chi connectivity index (χ3v) is 8.59. The van der Waals surface area contributed by atoms with E-state index in [1.54, 1.807) is 11.2 Å². The van der Waals surface area contributed by atoms with Crippen LogP contribution in [0, 0.1) is 12.3 Å². The van der Waals surface area contributed by atoms with Crippen molar-refractivity contribution in [3.05, 3.63) is 11.7 Å². The monoisotopic (exact) mass is 468 g/mol. The Balaban J connectivity index is 1.44. The summed E-state index contributed by atoms with van der Waals surface area (Å²) in [5.74, 6) is 1.30. The lowest BCUT2D eigenvalue weighted by Crippen LogP contribution is -2.51. The van der Waals surface area contributed by atoms with Crippen LogP contribution in [0.15, 0.2) is 4.52 Å². The fraction of sp³-hybridized carbons (Fsp3) is 0.857. The molecular formula is C21H36N6O4S. The molecule has 180 valence electrons. The van der Waals surface area contributed by atoms with Crippen LogP contribution in [-0.4, -0.2) is 109 Å². The molecule has 0 aromatic carbocycles. The van der Waals surface area contributed by atoms with Gasteiger partial charge >= 0.3 is 0 Å². The van der Waals surface area contributed by atoms with E-state index in [0.29, 0.717) is 31.3 Å². The average molecular weight is 469 g/mol. The summed E-state index contributed by atoms with van der Waals surface area (Å²) in [6, 6.07) is -0.105. The van der Waals surface area contributed by atoms with E-state index in [1.807, 2.05) is 4.90 Å². The highest BCUT2D eigenvalue weighted by Gasteiger charge is 2.49. The van der Waals surface area contributed by atoms with E-state index in [-0.39, 0.29) is 17.4 Å². The van der Waals surface area contributed by atoms with Crippen molar-refractivity contribution in [1.82, 2.24) is 29.1 Å². The molecule has 0 N–H and O–H groups in total. The lowest BCUT2D eigenvalue weighted by molar-refractivity contribution is -0.134. The molecule has 3 aliphatic heterocycles. The van der Waals surface area contributed by atoms with Crippen LogP contribution >= 0.6 is 0 Å². The van der Waals surface area contributed by atoms with Crippen molar-refractivity contribution < 1.29 is 17.7 Å². The lowest BCUT2D eigenvalue weighted by atomic mass is 9.77. The van der Waals surface area contributed by atoms with E-state index >= 15 is 0 Å². The van der Waals surface area contributed by atoms with Crippen molar-refractivity contribution in [2.75, 3.05) is 65.2 Å². The van der Waals surface area contributed by atoms with Gasteiger partial charge in [-0.1, -0.05) is 12.1 Å². The van der Waals surface area contributed by atoms with Crippen molar-refractivity contribution in [1.29, 1.82) is 0 Å². The van der Waals surface area contributed by atoms with Gasteiger partial charge in [-0.2, -0.15) is 4.98 Å². The molecule has 3 aliphatic rings. The van der Waals surface area contributed by atoms with Crippen LogP contribution in [-0.2, 0) is 14.8 Å². The second kappa shape index (κ2) is 9.36. The first-order valence-corrected chi connectivity index (χ1v) is 13.5. The minimum Gasteiger partial charge on any atom is -0.339 e. The molecule has 1 aromatic heterocycles. The Morgan fingerprint density at radius 2 is 1.84 bits per heavy atom. The summed E-state index contributed by atoms with van der Waals surface area (Å²) in [4.78, 5) is 24.2. The van der Waals surface area contributed by atoms with Gasteiger partial charge in [0.2, 0.25) is 21.8 Å². The number of aryl methyl sites for hydroxylation is 1. The van der Waals surface area contributed by atoms with Crippen LogP contribution in [0.3, 0.4) is 0 Å². The van der Waals surface area contributed by atoms with Crippen LogP contribution < -0.4 is 0 Å². The Morgan fingerprint density at radius 1 is 1.16 bits per heavy atom. The summed E-state index contributed by atoms with van der Waals surface area (Å²) in [6.07, 6.45) is 4.78. The number of sulfonamides is 1. The van der Waals surface area contributed by atoms with Gasteiger partial charge in [-0.3, -0.25) is 14.6 Å². The molecule has 4 rings (SSSR count). The smallest absolute Gasteiger partial charge is 0.244 e. The summed E-state index contributed by atoms with van der Waals surface area (Å²) in [6.45, 7) is 10.6. The third-order valence-electron chi connectivity index (χ3n) is 7.29. The van der Waals surface area contributed by atoms with E-state index in [1.165, 1.54) is 6.26 Å². The van der Waals surface area contributed by atoms with Gasteiger partial charge in [-0.25, -0.2) is 12.7 Å². The lowest BCUT2D eigenvalue weighted by Gasteiger charge is -2.38. The van der Waals surface area contributed by atoms with Gasteiger partial charge in [-0.15, -0.1) is 0 Å². The van der Waals surface area contributed by atoms with Crippen LogP contribution in [0.1, 0.15) is 50.4 Å². The Hall–Kier alpha value is -1.56. The summed E-state index contributed by atoms with van der Waals surface area (Å²) in [5, 5.41) is 3.97. The summed E-state index contributed by atoms with van der Waals surface area (Å²) >= 11 is 0. The predicted molar refractivity (Wildman–Crippen MR) is 119 cm³/mol. The van der Waals surface area contributed by atoms with E-state index in [2.05, 4.69) is 26.9 Å². The quantitative estimate of drug-likeness (QED) is 0.602. The van der Waals surface area contributed by atoms with Gasteiger partial charge in [0.05, 0.1) is 18.8 Å². The predicted octanol–water partition coefficient (Wildman–Crippen LogP) is 0.721. The normalized spacial score (nSPS) is 25.6. The molecule has 4 heterocycles. The van der Waals surface area contributed by atoms with Gasteiger partial charge in [0.1, 0.15) is 0 Å². The Labute approximate surface area is 190 Å². The molecular weight excluding hydrogens is 432 g/mol. The minimum atomic E-state index is -3.18. The molecule has 0 radical (unpaired) electrons.